The number of nitrogens with two attached hydrogens (primary N) is 1. The van der Waals surface area contributed by atoms with Gasteiger partial charge in [-0.15, -0.1) is 0 Å². The molecule has 0 saturated carbocycles. The predicted molar refractivity (Wildman–Crippen MR) is 73.4 cm³/mol. The summed E-state index contributed by atoms with van der Waals surface area (Å²) >= 11 is 0. The Labute approximate surface area is 118 Å². The second-order valence-electron chi connectivity index (χ2n) is 4.30. The van der Waals surface area contributed by atoms with Crippen molar-refractivity contribution in [3.63, 3.8) is 0 Å². The van der Waals surface area contributed by atoms with E-state index in [4.69, 9.17) is 15.2 Å². The molecule has 0 radical (unpaired) electrons. The number of nitrogens with one attached hydrogen (secondary N) is 1. The number of halogens is 1. The molecule has 0 bridgehead atoms. The maximum Gasteiger partial charge on any atom is 0.240 e. The molecule has 1 atom stereocenters. The van der Waals surface area contributed by atoms with Crippen molar-refractivity contribution in [1.29, 1.82) is 0 Å². The van der Waals surface area contributed by atoms with Crippen molar-refractivity contribution in [2.75, 3.05) is 33.1 Å². The van der Waals surface area contributed by atoms with Crippen molar-refractivity contribution >= 4 is 15.7 Å². The number of aryl methyl sites for hydroxylation is 1. The van der Waals surface area contributed by atoms with Crippen molar-refractivity contribution in [3.8, 4) is 0 Å². The Morgan fingerprint density at radius 2 is 2.05 bits per heavy atom. The highest BCUT2D eigenvalue weighted by Crippen LogP contribution is 2.21. The van der Waals surface area contributed by atoms with E-state index in [0.29, 0.717) is 0 Å². The molecular weight excluding hydrogens is 287 g/mol. The zero-order valence-corrected chi connectivity index (χ0v) is 12.5. The van der Waals surface area contributed by atoms with E-state index < -0.39 is 21.9 Å². The van der Waals surface area contributed by atoms with Crippen LogP contribution in [0.4, 0.5) is 10.1 Å². The molecule has 3 N–H and O–H groups in total. The number of ether oxygens (including phenoxy) is 2. The first-order chi connectivity index (χ1) is 9.31. The minimum atomic E-state index is -3.79. The van der Waals surface area contributed by atoms with E-state index in [1.165, 1.54) is 21.1 Å². The minimum Gasteiger partial charge on any atom is -0.396 e. The summed E-state index contributed by atoms with van der Waals surface area (Å²) in [4.78, 5) is -0.0522. The fraction of sp³-hybridized carbons (Fsp3) is 0.500. The number of anilines is 1. The molecule has 1 aromatic carbocycles. The normalized spacial score (nSPS) is 13.4. The van der Waals surface area contributed by atoms with Gasteiger partial charge in [-0.25, -0.2) is 17.5 Å². The van der Waals surface area contributed by atoms with Crippen LogP contribution in [0.15, 0.2) is 17.0 Å². The van der Waals surface area contributed by atoms with E-state index in [0.717, 1.165) is 12.1 Å². The lowest BCUT2D eigenvalue weighted by Gasteiger charge is -2.16. The predicted octanol–water partition coefficient (Wildman–Crippen LogP) is 0.656. The first kappa shape index (κ1) is 16.8. The van der Waals surface area contributed by atoms with Gasteiger partial charge in [0, 0.05) is 20.8 Å². The third-order valence-corrected chi connectivity index (χ3v) is 4.34. The Bertz CT molecular complexity index is 563. The van der Waals surface area contributed by atoms with E-state index in [2.05, 4.69) is 4.72 Å². The van der Waals surface area contributed by atoms with Crippen LogP contribution in [0.25, 0.3) is 0 Å². The van der Waals surface area contributed by atoms with Gasteiger partial charge in [-0.3, -0.25) is 0 Å². The average molecular weight is 306 g/mol. The van der Waals surface area contributed by atoms with E-state index >= 15 is 0 Å². The zero-order chi connectivity index (χ0) is 15.3. The Hall–Kier alpha value is -1.22. The first-order valence-electron chi connectivity index (χ1n) is 5.88. The number of hydrogen-bond acceptors (Lipinski definition) is 5. The molecule has 0 fully saturated rings. The topological polar surface area (TPSA) is 90.7 Å². The molecule has 20 heavy (non-hydrogen) atoms. The summed E-state index contributed by atoms with van der Waals surface area (Å²) in [7, 11) is -0.837. The van der Waals surface area contributed by atoms with Crippen LogP contribution in [0.1, 0.15) is 5.56 Å². The fourth-order valence-electron chi connectivity index (χ4n) is 1.63. The molecule has 8 heteroatoms. The van der Waals surface area contributed by atoms with E-state index in [9.17, 15) is 12.8 Å². The fourth-order valence-corrected chi connectivity index (χ4v) is 2.96. The van der Waals surface area contributed by atoms with Crippen molar-refractivity contribution in [1.82, 2.24) is 4.72 Å². The monoisotopic (exact) mass is 306 g/mol. The van der Waals surface area contributed by atoms with Gasteiger partial charge >= 0.3 is 0 Å². The summed E-state index contributed by atoms with van der Waals surface area (Å²) in [5.74, 6) is -0.643. The van der Waals surface area contributed by atoms with Gasteiger partial charge in [0.2, 0.25) is 10.0 Å². The summed E-state index contributed by atoms with van der Waals surface area (Å²) < 4.78 is 49.9. The zero-order valence-electron chi connectivity index (χ0n) is 11.6. The number of nitrogen functional groups attached to an aromatic ring is 1. The summed E-state index contributed by atoms with van der Waals surface area (Å²) in [6, 6.07) is 2.19. The molecule has 0 aliphatic carbocycles. The van der Waals surface area contributed by atoms with Gasteiger partial charge in [-0.05, 0) is 24.6 Å². The first-order valence-corrected chi connectivity index (χ1v) is 7.37. The summed E-state index contributed by atoms with van der Waals surface area (Å²) in [5, 5.41) is 0. The molecular formula is C12H19FN2O4S. The Kier molecular flexibility index (Phi) is 5.88. The Balaban J connectivity index is 2.92. The van der Waals surface area contributed by atoms with Crippen LogP contribution in [0, 0.1) is 12.7 Å². The van der Waals surface area contributed by atoms with Crippen LogP contribution in [0.2, 0.25) is 0 Å². The molecule has 0 aromatic heterocycles. The van der Waals surface area contributed by atoms with Gasteiger partial charge in [0.1, 0.15) is 5.82 Å². The SMILES string of the molecule is COCC(CNS(=O)(=O)c1cc(N)c(F)cc1C)OC. The van der Waals surface area contributed by atoms with Crippen LogP contribution in [-0.4, -0.2) is 41.9 Å². The second-order valence-corrected chi connectivity index (χ2v) is 6.04. The lowest BCUT2D eigenvalue weighted by molar-refractivity contribution is 0.0320. The van der Waals surface area contributed by atoms with Crippen molar-refractivity contribution in [2.45, 2.75) is 17.9 Å². The highest BCUT2D eigenvalue weighted by Gasteiger charge is 2.20. The maximum absolute atomic E-state index is 13.2. The number of rotatable bonds is 7. The van der Waals surface area contributed by atoms with Gasteiger partial charge in [-0.1, -0.05) is 0 Å². The number of benzene rings is 1. The molecule has 114 valence electrons. The van der Waals surface area contributed by atoms with E-state index in [1.807, 2.05) is 0 Å². The molecule has 1 aromatic rings. The van der Waals surface area contributed by atoms with Gasteiger partial charge in [0.15, 0.2) is 0 Å². The van der Waals surface area contributed by atoms with E-state index in [-0.39, 0.29) is 29.3 Å². The van der Waals surface area contributed by atoms with Crippen LogP contribution in [0.5, 0.6) is 0 Å². The molecule has 0 amide bonds. The van der Waals surface area contributed by atoms with Gasteiger partial charge in [-0.2, -0.15) is 0 Å². The molecule has 1 rings (SSSR count). The van der Waals surface area contributed by atoms with Crippen LogP contribution in [0.3, 0.4) is 0 Å². The highest BCUT2D eigenvalue weighted by molar-refractivity contribution is 7.89. The Morgan fingerprint density at radius 1 is 1.40 bits per heavy atom. The third-order valence-electron chi connectivity index (χ3n) is 2.77. The van der Waals surface area contributed by atoms with Gasteiger partial charge < -0.3 is 15.2 Å². The molecule has 0 saturated heterocycles. The minimum absolute atomic E-state index is 0.0450. The molecule has 1 unspecified atom stereocenters. The lowest BCUT2D eigenvalue weighted by Crippen LogP contribution is -2.35. The van der Waals surface area contributed by atoms with Crippen LogP contribution < -0.4 is 10.5 Å². The summed E-state index contributed by atoms with van der Waals surface area (Å²) in [6.07, 6.45) is -0.409. The van der Waals surface area contributed by atoms with E-state index in [1.54, 1.807) is 0 Å². The number of hydrogen-bond donors (Lipinski definition) is 2. The standard InChI is InChI=1S/C12H19FN2O4S/c1-8-4-10(13)11(14)5-12(8)20(16,17)15-6-9(19-3)7-18-2/h4-5,9,15H,6-7,14H2,1-3H3. The third kappa shape index (κ3) is 4.14. The maximum atomic E-state index is 13.2. The molecule has 6 nitrogen and oxygen atoms in total. The summed E-state index contributed by atoms with van der Waals surface area (Å²) in [5.41, 5.74) is 5.47. The summed E-state index contributed by atoms with van der Waals surface area (Å²) in [6.45, 7) is 1.80. The largest absolute Gasteiger partial charge is 0.396 e. The highest BCUT2D eigenvalue weighted by atomic mass is 32.2. The number of methoxy groups -OCH3 is 2. The van der Waals surface area contributed by atoms with Crippen LogP contribution >= 0.6 is 0 Å². The van der Waals surface area contributed by atoms with Crippen LogP contribution in [-0.2, 0) is 19.5 Å². The van der Waals surface area contributed by atoms with Crippen molar-refractivity contribution < 1.29 is 22.3 Å². The average Bonchev–Trinajstić information content (AvgIpc) is 2.38. The quantitative estimate of drug-likeness (QED) is 0.722. The van der Waals surface area contributed by atoms with Crippen molar-refractivity contribution in [3.05, 3.63) is 23.5 Å². The smallest absolute Gasteiger partial charge is 0.240 e. The molecule has 0 aliphatic rings. The molecule has 0 aliphatic heterocycles. The number of sulfonamides is 1. The second kappa shape index (κ2) is 6.98. The van der Waals surface area contributed by atoms with Gasteiger partial charge in [0.25, 0.3) is 0 Å². The molecule has 0 spiro atoms. The van der Waals surface area contributed by atoms with Crippen molar-refractivity contribution in [2.24, 2.45) is 0 Å². The lowest BCUT2D eigenvalue weighted by atomic mass is 10.2. The Morgan fingerprint density at radius 3 is 2.60 bits per heavy atom. The van der Waals surface area contributed by atoms with Gasteiger partial charge in [0.05, 0.1) is 23.3 Å². The molecule has 0 heterocycles.